The van der Waals surface area contributed by atoms with Crippen LogP contribution in [0.25, 0.3) is 0 Å². The van der Waals surface area contributed by atoms with Gasteiger partial charge in [-0.1, -0.05) is 6.42 Å². The first kappa shape index (κ1) is 20.7. The van der Waals surface area contributed by atoms with Gasteiger partial charge in [0, 0.05) is 50.4 Å². The molecule has 2 N–H and O–H groups in total. The smallest absolute Gasteiger partial charge is 0.213 e. The number of carbonyl (C=O) groups is 1. The van der Waals surface area contributed by atoms with Crippen LogP contribution in [0.15, 0.2) is 24.3 Å². The lowest BCUT2D eigenvalue weighted by Crippen LogP contribution is -2.33. The van der Waals surface area contributed by atoms with E-state index in [2.05, 4.69) is 39.2 Å². The Morgan fingerprint density at radius 1 is 1.00 bits per heavy atom. The summed E-state index contributed by atoms with van der Waals surface area (Å²) >= 11 is 0. The monoisotopic (exact) mass is 381 g/mol. The summed E-state index contributed by atoms with van der Waals surface area (Å²) in [6.07, 6.45) is 4.12. The number of benzene rings is 1. The fourth-order valence-corrected chi connectivity index (χ4v) is 3.61. The molecule has 0 spiro atoms. The largest absolute Gasteiger partial charge is 0.385 e. The number of hydrogen-bond acceptors (Lipinski definition) is 5. The predicted molar refractivity (Wildman–Crippen MR) is 107 cm³/mol. The second-order valence-electron chi connectivity index (χ2n) is 7.05. The first-order valence-corrected chi connectivity index (χ1v) is 11.0. The molecule has 2 rings (SSSR count). The molecule has 0 aromatic heterocycles. The number of sulfonamides is 1. The van der Waals surface area contributed by atoms with E-state index >= 15 is 0 Å². The molecule has 7 heteroatoms. The van der Waals surface area contributed by atoms with Gasteiger partial charge in [0.2, 0.25) is 10.0 Å². The maximum absolute atomic E-state index is 11.6. The van der Waals surface area contributed by atoms with E-state index in [1.165, 1.54) is 5.69 Å². The van der Waals surface area contributed by atoms with Crippen molar-refractivity contribution in [3.63, 3.8) is 0 Å². The second kappa shape index (κ2) is 9.92. The maximum atomic E-state index is 11.6. The molecule has 1 fully saturated rings. The quantitative estimate of drug-likeness (QED) is 0.609. The molecule has 1 aliphatic rings. The van der Waals surface area contributed by atoms with Gasteiger partial charge in [-0.25, -0.2) is 13.1 Å². The van der Waals surface area contributed by atoms with Crippen LogP contribution >= 0.6 is 0 Å². The molecule has 6 nitrogen and oxygen atoms in total. The standard InChI is InChI=1S/C19H31N3O3S/c1-16(2)26(24,25)21-13-5-3-4-12-20-17-6-8-18(9-7-17)22-14-10-19(23)11-15-22/h6-9,16,20-21H,3-5,10-15H2,1-2H3. The number of hydrogen-bond donors (Lipinski definition) is 2. The van der Waals surface area contributed by atoms with E-state index in [9.17, 15) is 13.2 Å². The van der Waals surface area contributed by atoms with Crippen molar-refractivity contribution in [3.05, 3.63) is 24.3 Å². The van der Waals surface area contributed by atoms with Gasteiger partial charge in [0.1, 0.15) is 5.78 Å². The first-order valence-electron chi connectivity index (χ1n) is 9.47. The Morgan fingerprint density at radius 2 is 1.62 bits per heavy atom. The highest BCUT2D eigenvalue weighted by molar-refractivity contribution is 7.90. The highest BCUT2D eigenvalue weighted by Gasteiger charge is 2.16. The molecule has 1 aromatic carbocycles. The van der Waals surface area contributed by atoms with E-state index in [0.29, 0.717) is 25.2 Å². The highest BCUT2D eigenvalue weighted by atomic mass is 32.2. The van der Waals surface area contributed by atoms with E-state index in [-0.39, 0.29) is 5.25 Å². The van der Waals surface area contributed by atoms with Crippen molar-refractivity contribution in [3.8, 4) is 0 Å². The summed E-state index contributed by atoms with van der Waals surface area (Å²) in [6, 6.07) is 8.34. The van der Waals surface area contributed by atoms with E-state index in [1.807, 2.05) is 0 Å². The van der Waals surface area contributed by atoms with Gasteiger partial charge >= 0.3 is 0 Å². The molecular formula is C19H31N3O3S. The number of ketones is 1. The third kappa shape index (κ3) is 6.61. The van der Waals surface area contributed by atoms with E-state index in [0.717, 1.165) is 44.6 Å². The molecule has 1 aliphatic heterocycles. The van der Waals surface area contributed by atoms with Gasteiger partial charge in [-0.2, -0.15) is 0 Å². The third-order valence-electron chi connectivity index (χ3n) is 4.66. The average Bonchev–Trinajstić information content (AvgIpc) is 2.62. The summed E-state index contributed by atoms with van der Waals surface area (Å²) in [5.74, 6) is 0.358. The minimum Gasteiger partial charge on any atom is -0.385 e. The second-order valence-corrected chi connectivity index (χ2v) is 9.37. The zero-order valence-electron chi connectivity index (χ0n) is 15.8. The summed E-state index contributed by atoms with van der Waals surface area (Å²) in [7, 11) is -3.14. The summed E-state index contributed by atoms with van der Waals surface area (Å²) in [6.45, 7) is 6.37. The first-order chi connectivity index (χ1) is 12.4. The number of anilines is 2. The summed E-state index contributed by atoms with van der Waals surface area (Å²) in [5.41, 5.74) is 2.25. The Labute approximate surface area is 157 Å². The minimum atomic E-state index is -3.14. The minimum absolute atomic E-state index is 0.358. The molecule has 146 valence electrons. The number of nitrogens with zero attached hydrogens (tertiary/aromatic N) is 1. The molecule has 0 unspecified atom stereocenters. The Kier molecular flexibility index (Phi) is 7.90. The van der Waals surface area contributed by atoms with Crippen LogP contribution in [0.2, 0.25) is 0 Å². The van der Waals surface area contributed by atoms with Gasteiger partial charge in [0.15, 0.2) is 0 Å². The average molecular weight is 382 g/mol. The van der Waals surface area contributed by atoms with Crippen LogP contribution in [-0.2, 0) is 14.8 Å². The Bertz CT molecular complexity index is 662. The molecule has 26 heavy (non-hydrogen) atoms. The number of unbranched alkanes of at least 4 members (excludes halogenated alkanes) is 2. The molecule has 0 bridgehead atoms. The normalized spacial score (nSPS) is 15.5. The number of piperidine rings is 1. The number of nitrogens with one attached hydrogen (secondary N) is 2. The number of carbonyl (C=O) groups excluding carboxylic acids is 1. The van der Waals surface area contributed by atoms with Gasteiger partial charge < -0.3 is 10.2 Å². The molecule has 0 aliphatic carbocycles. The lowest BCUT2D eigenvalue weighted by molar-refractivity contribution is -0.119. The van der Waals surface area contributed by atoms with Gasteiger partial charge in [-0.3, -0.25) is 4.79 Å². The van der Waals surface area contributed by atoms with Crippen LogP contribution in [-0.4, -0.2) is 45.6 Å². The van der Waals surface area contributed by atoms with Crippen molar-refractivity contribution >= 4 is 27.2 Å². The Morgan fingerprint density at radius 3 is 2.23 bits per heavy atom. The van der Waals surface area contributed by atoms with Crippen molar-refractivity contribution in [1.29, 1.82) is 0 Å². The zero-order chi connectivity index (χ0) is 19.0. The van der Waals surface area contributed by atoms with Crippen molar-refractivity contribution in [2.45, 2.75) is 51.2 Å². The van der Waals surface area contributed by atoms with Crippen LogP contribution in [0, 0.1) is 0 Å². The van der Waals surface area contributed by atoms with Crippen molar-refractivity contribution < 1.29 is 13.2 Å². The van der Waals surface area contributed by atoms with E-state index < -0.39 is 10.0 Å². The molecule has 1 aromatic rings. The summed E-state index contributed by atoms with van der Waals surface area (Å²) in [5, 5.41) is 3.02. The fourth-order valence-electron chi connectivity index (χ4n) is 2.85. The van der Waals surface area contributed by atoms with Crippen molar-refractivity contribution in [1.82, 2.24) is 4.72 Å². The molecule has 0 amide bonds. The lowest BCUT2D eigenvalue weighted by atomic mass is 10.1. The number of Topliss-reactive ketones (excluding diaryl/α,β-unsaturated/α-hetero) is 1. The summed E-state index contributed by atoms with van der Waals surface area (Å²) in [4.78, 5) is 13.6. The van der Waals surface area contributed by atoms with Crippen LogP contribution in [0.1, 0.15) is 46.0 Å². The van der Waals surface area contributed by atoms with Crippen LogP contribution < -0.4 is 14.9 Å². The maximum Gasteiger partial charge on any atom is 0.213 e. The van der Waals surface area contributed by atoms with Gasteiger partial charge in [-0.15, -0.1) is 0 Å². The van der Waals surface area contributed by atoms with Crippen LogP contribution in [0.5, 0.6) is 0 Å². The van der Waals surface area contributed by atoms with Crippen molar-refractivity contribution in [2.75, 3.05) is 36.4 Å². The van der Waals surface area contributed by atoms with Gasteiger partial charge in [0.05, 0.1) is 5.25 Å². The van der Waals surface area contributed by atoms with Gasteiger partial charge in [-0.05, 0) is 51.0 Å². The SMILES string of the molecule is CC(C)S(=O)(=O)NCCCCCNc1ccc(N2CCC(=O)CC2)cc1. The molecule has 0 atom stereocenters. The van der Waals surface area contributed by atoms with E-state index in [4.69, 9.17) is 0 Å². The molecule has 1 saturated heterocycles. The predicted octanol–water partition coefficient (Wildman–Crippen LogP) is 2.77. The molecule has 0 radical (unpaired) electrons. The van der Waals surface area contributed by atoms with E-state index in [1.54, 1.807) is 13.8 Å². The number of rotatable bonds is 10. The third-order valence-corrected chi connectivity index (χ3v) is 6.51. The van der Waals surface area contributed by atoms with Crippen molar-refractivity contribution in [2.24, 2.45) is 0 Å². The zero-order valence-corrected chi connectivity index (χ0v) is 16.6. The topological polar surface area (TPSA) is 78.5 Å². The van der Waals surface area contributed by atoms with Crippen LogP contribution in [0.3, 0.4) is 0 Å². The molecular weight excluding hydrogens is 350 g/mol. The highest BCUT2D eigenvalue weighted by Crippen LogP contribution is 2.21. The molecule has 1 heterocycles. The van der Waals surface area contributed by atoms with Crippen LogP contribution in [0.4, 0.5) is 11.4 Å². The summed E-state index contributed by atoms with van der Waals surface area (Å²) < 4.78 is 25.9. The lowest BCUT2D eigenvalue weighted by Gasteiger charge is -2.28. The van der Waals surface area contributed by atoms with Gasteiger partial charge in [0.25, 0.3) is 0 Å². The fraction of sp³-hybridized carbons (Fsp3) is 0.632. The Balaban J connectivity index is 1.61. The molecule has 0 saturated carbocycles. The Hall–Kier alpha value is -1.60.